The van der Waals surface area contributed by atoms with Gasteiger partial charge in [0.05, 0.1) is 24.3 Å². The van der Waals surface area contributed by atoms with Crippen LogP contribution in [0.3, 0.4) is 0 Å². The molecule has 1 aromatic rings. The van der Waals surface area contributed by atoms with E-state index in [1.807, 2.05) is 0 Å². The Bertz CT molecular complexity index is 548. The number of carbonyl (C=O) groups is 3. The predicted molar refractivity (Wildman–Crippen MR) is 71.8 cm³/mol. The van der Waals surface area contributed by atoms with Crippen molar-refractivity contribution >= 4 is 23.7 Å². The second kappa shape index (κ2) is 6.23. The first-order valence-corrected chi connectivity index (χ1v) is 6.23. The van der Waals surface area contributed by atoms with Gasteiger partial charge in [-0.15, -0.1) is 0 Å². The number of carboxylic acids is 2. The molecule has 1 aromatic carbocycles. The molecule has 0 bridgehead atoms. The van der Waals surface area contributed by atoms with E-state index in [1.165, 1.54) is 17.0 Å². The first-order chi connectivity index (χ1) is 9.97. The van der Waals surface area contributed by atoms with E-state index in [0.717, 1.165) is 6.07 Å². The zero-order valence-corrected chi connectivity index (χ0v) is 11.0. The van der Waals surface area contributed by atoms with Crippen molar-refractivity contribution < 1.29 is 29.3 Å². The van der Waals surface area contributed by atoms with Crippen molar-refractivity contribution in [3.8, 4) is 0 Å². The van der Waals surface area contributed by atoms with Crippen molar-refractivity contribution in [3.05, 3.63) is 29.3 Å². The molecule has 1 heterocycles. The molecule has 0 saturated carbocycles. The minimum atomic E-state index is -1.26. The van der Waals surface area contributed by atoms with Crippen molar-refractivity contribution in [2.24, 2.45) is 0 Å². The Kier molecular flexibility index (Phi) is 4.39. The van der Waals surface area contributed by atoms with Crippen molar-refractivity contribution in [3.63, 3.8) is 0 Å². The van der Waals surface area contributed by atoms with Crippen molar-refractivity contribution in [2.75, 3.05) is 31.6 Å². The predicted octanol–water partition coefficient (Wildman–Crippen LogP) is 0.947. The highest BCUT2D eigenvalue weighted by Crippen LogP contribution is 2.16. The molecule has 112 valence electrons. The Morgan fingerprint density at radius 1 is 1.00 bits per heavy atom. The molecule has 1 fully saturated rings. The van der Waals surface area contributed by atoms with Crippen LogP contribution in [0.5, 0.6) is 0 Å². The maximum absolute atomic E-state index is 12.0. The third kappa shape index (κ3) is 3.69. The SMILES string of the molecule is O=C(O)c1cc(NC(=O)N2CCOCC2)cc(C(=O)O)c1. The minimum absolute atomic E-state index is 0.129. The summed E-state index contributed by atoms with van der Waals surface area (Å²) < 4.78 is 5.12. The molecule has 2 amide bonds. The average Bonchev–Trinajstić information content (AvgIpc) is 2.47. The van der Waals surface area contributed by atoms with E-state index in [4.69, 9.17) is 14.9 Å². The van der Waals surface area contributed by atoms with E-state index in [1.54, 1.807) is 0 Å². The maximum Gasteiger partial charge on any atom is 0.335 e. The molecule has 0 radical (unpaired) electrons. The fourth-order valence-corrected chi connectivity index (χ4v) is 1.92. The molecule has 8 nitrogen and oxygen atoms in total. The molecule has 21 heavy (non-hydrogen) atoms. The van der Waals surface area contributed by atoms with E-state index in [2.05, 4.69) is 5.32 Å². The normalized spacial score (nSPS) is 14.6. The molecule has 0 aromatic heterocycles. The average molecular weight is 294 g/mol. The summed E-state index contributed by atoms with van der Waals surface area (Å²) >= 11 is 0. The molecule has 1 aliphatic heterocycles. The molecule has 0 spiro atoms. The highest BCUT2D eigenvalue weighted by Gasteiger charge is 2.18. The summed E-state index contributed by atoms with van der Waals surface area (Å²) in [5.41, 5.74) is -0.275. The van der Waals surface area contributed by atoms with Gasteiger partial charge >= 0.3 is 18.0 Å². The number of nitrogens with one attached hydrogen (secondary N) is 1. The summed E-state index contributed by atoms with van der Waals surface area (Å²) in [7, 11) is 0. The van der Waals surface area contributed by atoms with Gasteiger partial charge in [-0.3, -0.25) is 0 Å². The lowest BCUT2D eigenvalue weighted by molar-refractivity contribution is 0.0564. The number of morpholine rings is 1. The number of nitrogens with zero attached hydrogens (tertiary/aromatic N) is 1. The lowest BCUT2D eigenvalue weighted by Crippen LogP contribution is -2.43. The van der Waals surface area contributed by atoms with Crippen LogP contribution in [0.25, 0.3) is 0 Å². The number of carboxylic acid groups (broad SMARTS) is 2. The highest BCUT2D eigenvalue weighted by molar-refractivity contribution is 5.98. The summed E-state index contributed by atoms with van der Waals surface area (Å²) in [6.07, 6.45) is 0. The molecule has 2 rings (SSSR count). The number of carbonyl (C=O) groups excluding carboxylic acids is 1. The zero-order chi connectivity index (χ0) is 15.4. The minimum Gasteiger partial charge on any atom is -0.478 e. The van der Waals surface area contributed by atoms with Gasteiger partial charge in [0.1, 0.15) is 0 Å². The Balaban J connectivity index is 2.20. The number of hydrogen-bond acceptors (Lipinski definition) is 4. The van der Waals surface area contributed by atoms with Crippen LogP contribution >= 0.6 is 0 Å². The molecule has 1 saturated heterocycles. The molecule has 3 N–H and O–H groups in total. The molecule has 1 aliphatic rings. The number of rotatable bonds is 3. The van der Waals surface area contributed by atoms with Crippen molar-refractivity contribution in [1.29, 1.82) is 0 Å². The third-order valence-corrected chi connectivity index (χ3v) is 2.98. The van der Waals surface area contributed by atoms with Gasteiger partial charge in [0.15, 0.2) is 0 Å². The van der Waals surface area contributed by atoms with Crippen molar-refractivity contribution in [2.45, 2.75) is 0 Å². The number of amides is 2. The number of anilines is 1. The maximum atomic E-state index is 12.0. The van der Waals surface area contributed by atoms with E-state index in [9.17, 15) is 14.4 Å². The van der Waals surface area contributed by atoms with Crippen LogP contribution in [-0.2, 0) is 4.74 Å². The van der Waals surface area contributed by atoms with Gasteiger partial charge in [-0.2, -0.15) is 0 Å². The number of aromatic carboxylic acids is 2. The van der Waals surface area contributed by atoms with Gasteiger partial charge < -0.3 is 25.2 Å². The Morgan fingerprint density at radius 2 is 1.52 bits per heavy atom. The monoisotopic (exact) mass is 294 g/mol. The fraction of sp³-hybridized carbons (Fsp3) is 0.308. The largest absolute Gasteiger partial charge is 0.478 e. The van der Waals surface area contributed by atoms with E-state index < -0.39 is 18.0 Å². The van der Waals surface area contributed by atoms with Crippen LogP contribution in [0.4, 0.5) is 10.5 Å². The number of urea groups is 1. The second-order valence-electron chi connectivity index (χ2n) is 4.44. The second-order valence-corrected chi connectivity index (χ2v) is 4.44. The summed E-state index contributed by atoms with van der Waals surface area (Å²) in [4.78, 5) is 35.5. The van der Waals surface area contributed by atoms with Gasteiger partial charge in [-0.25, -0.2) is 14.4 Å². The van der Waals surface area contributed by atoms with E-state index in [0.29, 0.717) is 26.3 Å². The lowest BCUT2D eigenvalue weighted by atomic mass is 10.1. The van der Waals surface area contributed by atoms with Crippen LogP contribution in [-0.4, -0.2) is 59.4 Å². The first kappa shape index (κ1) is 14.8. The molecule has 0 atom stereocenters. The van der Waals surface area contributed by atoms with E-state index in [-0.39, 0.29) is 16.8 Å². The lowest BCUT2D eigenvalue weighted by Gasteiger charge is -2.27. The Hall–Kier alpha value is -2.61. The van der Waals surface area contributed by atoms with Crippen LogP contribution in [0.2, 0.25) is 0 Å². The quantitative estimate of drug-likeness (QED) is 0.764. The highest BCUT2D eigenvalue weighted by atomic mass is 16.5. The molecule has 0 aliphatic carbocycles. The number of ether oxygens (including phenoxy) is 1. The zero-order valence-electron chi connectivity index (χ0n) is 11.0. The summed E-state index contributed by atoms with van der Waals surface area (Å²) in [5, 5.41) is 20.4. The van der Waals surface area contributed by atoms with Gasteiger partial charge in [0.2, 0.25) is 0 Å². The van der Waals surface area contributed by atoms with Gasteiger partial charge in [0.25, 0.3) is 0 Å². The van der Waals surface area contributed by atoms with Gasteiger partial charge in [-0.05, 0) is 18.2 Å². The Labute approximate surface area is 119 Å². The Morgan fingerprint density at radius 3 is 2.00 bits per heavy atom. The number of hydrogen-bond donors (Lipinski definition) is 3. The summed E-state index contributed by atoms with van der Waals surface area (Å²) in [6.45, 7) is 1.72. The first-order valence-electron chi connectivity index (χ1n) is 6.23. The van der Waals surface area contributed by atoms with Gasteiger partial charge in [-0.1, -0.05) is 0 Å². The molecule has 8 heteroatoms. The number of benzene rings is 1. The molecular formula is C13H14N2O6. The molecular weight excluding hydrogens is 280 g/mol. The summed E-state index contributed by atoms with van der Waals surface area (Å²) in [5.74, 6) is -2.53. The standard InChI is InChI=1S/C13H14N2O6/c16-11(17)8-5-9(12(18)19)7-10(6-8)14-13(20)15-1-3-21-4-2-15/h5-7H,1-4H2,(H,14,20)(H,16,17)(H,18,19). The van der Waals surface area contributed by atoms with Crippen LogP contribution in [0, 0.1) is 0 Å². The molecule has 0 unspecified atom stereocenters. The van der Waals surface area contributed by atoms with Crippen molar-refractivity contribution in [1.82, 2.24) is 4.90 Å². The summed E-state index contributed by atoms with van der Waals surface area (Å²) in [6, 6.07) is 3.05. The van der Waals surface area contributed by atoms with Crippen LogP contribution in [0.1, 0.15) is 20.7 Å². The van der Waals surface area contributed by atoms with Crippen LogP contribution < -0.4 is 5.32 Å². The fourth-order valence-electron chi connectivity index (χ4n) is 1.92. The van der Waals surface area contributed by atoms with Crippen LogP contribution in [0.15, 0.2) is 18.2 Å². The smallest absolute Gasteiger partial charge is 0.335 e. The topological polar surface area (TPSA) is 116 Å². The van der Waals surface area contributed by atoms with E-state index >= 15 is 0 Å². The van der Waals surface area contributed by atoms with Gasteiger partial charge in [0, 0.05) is 18.8 Å². The third-order valence-electron chi connectivity index (χ3n) is 2.98.